The Bertz CT molecular complexity index is 7080. The maximum atomic E-state index is 14.7. The highest BCUT2D eigenvalue weighted by molar-refractivity contribution is 9.10. The molecule has 16 rings (SSSR count). The molecule has 0 saturated carbocycles. The number of rotatable bonds is 18. The summed E-state index contributed by atoms with van der Waals surface area (Å²) < 4.78 is 142. The smallest absolute Gasteiger partial charge is 0.263 e. The van der Waals surface area contributed by atoms with Crippen LogP contribution in [0, 0.1) is 44.8 Å². The van der Waals surface area contributed by atoms with Gasteiger partial charge in [0.15, 0.2) is 0 Å². The van der Waals surface area contributed by atoms with E-state index in [0.29, 0.717) is 90.6 Å². The van der Waals surface area contributed by atoms with E-state index in [9.17, 15) is 43.3 Å². The van der Waals surface area contributed by atoms with Crippen LogP contribution in [0.15, 0.2) is 267 Å². The number of fused-ring (bicyclic) bond motifs is 4. The second-order valence-electron chi connectivity index (χ2n) is 32.9. The molecule has 0 spiro atoms. The molecule has 27 nitrogen and oxygen atoms in total. The maximum Gasteiger partial charge on any atom is 0.263 e. The van der Waals surface area contributed by atoms with Crippen molar-refractivity contribution in [2.24, 2.45) is 0 Å². The van der Waals surface area contributed by atoms with Gasteiger partial charge in [0, 0.05) is 75.1 Å². The summed E-state index contributed by atoms with van der Waals surface area (Å²) in [5.41, 5.74) is 17.1. The molecule has 8 aromatic carbocycles. The Kier molecular flexibility index (Phi) is 25.4. The van der Waals surface area contributed by atoms with E-state index in [2.05, 4.69) is 123 Å². The summed E-state index contributed by atoms with van der Waals surface area (Å²) in [6.07, 6.45) is 6.70. The Hall–Kier alpha value is -13.3. The molecule has 125 heavy (non-hydrogen) atoms. The van der Waals surface area contributed by atoms with Crippen LogP contribution >= 0.6 is 15.9 Å². The van der Waals surface area contributed by atoms with E-state index < -0.39 is 51.3 Å². The van der Waals surface area contributed by atoms with Crippen molar-refractivity contribution in [2.45, 2.75) is 146 Å². The lowest BCUT2D eigenvalue weighted by molar-refractivity contribution is 0.242. The topological polar surface area (TPSA) is 367 Å². The van der Waals surface area contributed by atoms with Crippen LogP contribution in [0.2, 0.25) is 0 Å². The fourth-order valence-corrected chi connectivity index (χ4v) is 18.3. The van der Waals surface area contributed by atoms with Crippen molar-refractivity contribution in [3.63, 3.8) is 0 Å². The quantitative estimate of drug-likeness (QED) is 0.0498. The number of nitrogens with one attached hydrogen (secondary N) is 4. The van der Waals surface area contributed by atoms with Gasteiger partial charge in [0.1, 0.15) is 40.9 Å². The van der Waals surface area contributed by atoms with Crippen LogP contribution in [0.3, 0.4) is 0 Å². The van der Waals surface area contributed by atoms with Gasteiger partial charge in [-0.3, -0.25) is 38.8 Å². The third-order valence-corrected chi connectivity index (χ3v) is 25.9. The molecule has 0 radical (unpaired) electrons. The molecule has 33 heteroatoms. The maximum absolute atomic E-state index is 14.7. The Morgan fingerprint density at radius 2 is 0.768 bits per heavy atom. The number of ether oxygens (including phenoxy) is 1. The van der Waals surface area contributed by atoms with Gasteiger partial charge in [-0.25, -0.2) is 56.8 Å². The zero-order valence-electron chi connectivity index (χ0n) is 71.1. The fourth-order valence-electron chi connectivity index (χ4n) is 13.7. The molecule has 0 bridgehead atoms. The number of anilines is 5. The molecule has 0 atom stereocenters. The molecule has 0 aliphatic heterocycles. The molecule has 642 valence electrons. The predicted molar refractivity (Wildman–Crippen MR) is 492 cm³/mol. The summed E-state index contributed by atoms with van der Waals surface area (Å²) >= 11 is 3.52. The van der Waals surface area contributed by atoms with Crippen LogP contribution in [-0.4, -0.2) is 98.8 Å². The normalized spacial score (nSPS) is 12.1. The molecule has 8 aromatic heterocycles. The molecule has 8 heterocycles. The van der Waals surface area contributed by atoms with Crippen LogP contribution < -0.4 is 29.4 Å². The lowest BCUT2D eigenvalue weighted by Gasteiger charge is -2.20. The molecule has 16 aromatic rings. The van der Waals surface area contributed by atoms with Gasteiger partial charge in [0.2, 0.25) is 0 Å². The third kappa shape index (κ3) is 20.2. The summed E-state index contributed by atoms with van der Waals surface area (Å²) in [4.78, 5) is 17.8. The SMILES string of the molecule is Cc1cc(NS(=O)(=O)c2ccc(C(C)(C)C)c(F)c2)n(-c2ccc(C#N)c3ncccc23)n1.Cc1cc(NS(=O)(=O)c2ccc(C(C)(C)C)cc2)n(-c2ccc(Br)c3ncccc23)n1.Cc1cc(NS(=O)(=O)c2ccc(C(C)(C)C)cc2)n(-c2ccc(N)c3ncccc23)n1.Cc1cc(NS(=O)(=O)c2ccc(OC(C)C)cc2)n(-c2cccc3ncccc23)n1. The lowest BCUT2D eigenvalue weighted by Crippen LogP contribution is -2.18. The third-order valence-electron chi connectivity index (χ3n) is 19.8. The minimum absolute atomic E-state index is 0.0121. The summed E-state index contributed by atoms with van der Waals surface area (Å²) in [6.45, 7) is 29.1. The number of hydrogen-bond donors (Lipinski definition) is 5. The van der Waals surface area contributed by atoms with E-state index >= 15 is 0 Å². The van der Waals surface area contributed by atoms with E-state index in [1.165, 1.54) is 28.9 Å². The summed E-state index contributed by atoms with van der Waals surface area (Å²) in [5, 5.41) is 30.5. The number of pyridine rings is 4. The molecular formula is C92H92BrFN18O9S4. The first-order valence-corrected chi connectivity index (χ1v) is 46.1. The van der Waals surface area contributed by atoms with Crippen LogP contribution in [-0.2, 0) is 56.3 Å². The van der Waals surface area contributed by atoms with Gasteiger partial charge in [-0.1, -0.05) is 98.7 Å². The monoisotopic (exact) mass is 1820 g/mol. The number of aromatic nitrogens is 12. The Morgan fingerprint density at radius 3 is 1.18 bits per heavy atom. The first kappa shape index (κ1) is 89.5. The highest BCUT2D eigenvalue weighted by Gasteiger charge is 2.28. The molecular weight excluding hydrogens is 1730 g/mol. The van der Waals surface area contributed by atoms with Gasteiger partial charge in [-0.05, 0) is 248 Å². The number of nitrogen functional groups attached to an aromatic ring is 1. The predicted octanol–water partition coefficient (Wildman–Crippen LogP) is 19.2. The number of nitriles is 1. The van der Waals surface area contributed by atoms with Gasteiger partial charge in [-0.2, -0.15) is 25.7 Å². The highest BCUT2D eigenvalue weighted by atomic mass is 79.9. The van der Waals surface area contributed by atoms with E-state index in [1.54, 1.807) is 137 Å². The number of nitrogens with zero attached hydrogens (tertiary/aromatic N) is 13. The first-order chi connectivity index (χ1) is 59.0. The van der Waals surface area contributed by atoms with Crippen LogP contribution in [0.25, 0.3) is 66.4 Å². The highest BCUT2D eigenvalue weighted by Crippen LogP contribution is 2.37. The van der Waals surface area contributed by atoms with E-state index in [4.69, 9.17) is 10.5 Å². The standard InChI is InChI=1S/C24H22FN5O2S.C23H23BrN4O2S.C23H25N5O2S.C22H22N4O3S/c1-15-12-22(29-33(31,32)17-8-9-19(20(25)13-17)24(2,3)4)30(28-15)21-10-7-16(14-26)23-18(21)6-5-11-27-23;2*1-15-14-21(27-31(29,30)17-9-7-16(8-10-17)23(2,3)4)28(26-15)20-12-11-19(24)22-18(20)6-5-13-25-22;1-15(2)29-17-9-11-18(12-10-17)30(27,28)25-22-14-16(3)24-26(22)21-8-4-7-20-19(21)6-5-13-23-20/h5-13,29H,1-4H3;5-14,27H,1-4H3;5-14,27H,24H2,1-4H3;4-15,25H,1-3H3. The summed E-state index contributed by atoms with van der Waals surface area (Å²) in [5.74, 6) is 1.28. The largest absolute Gasteiger partial charge is 0.491 e. The Labute approximate surface area is 734 Å². The average Bonchev–Trinajstić information content (AvgIpc) is 1.72. The van der Waals surface area contributed by atoms with E-state index in [1.807, 2.05) is 152 Å². The van der Waals surface area contributed by atoms with Crippen LogP contribution in [0.5, 0.6) is 5.75 Å². The molecule has 6 N–H and O–H groups in total. The molecule has 0 aliphatic rings. The van der Waals surface area contributed by atoms with Crippen molar-refractivity contribution in [1.82, 2.24) is 59.1 Å². The van der Waals surface area contributed by atoms with E-state index in [-0.39, 0.29) is 42.3 Å². The first-order valence-electron chi connectivity index (χ1n) is 39.4. The minimum atomic E-state index is -4.10. The minimum Gasteiger partial charge on any atom is -0.491 e. The van der Waals surface area contributed by atoms with Crippen molar-refractivity contribution < 1.29 is 42.8 Å². The number of sulfonamides is 4. The summed E-state index contributed by atoms with van der Waals surface area (Å²) in [6, 6.07) is 64.0. The molecule has 0 saturated heterocycles. The van der Waals surface area contributed by atoms with Crippen molar-refractivity contribution in [3.8, 4) is 34.6 Å². The van der Waals surface area contributed by atoms with Gasteiger partial charge >= 0.3 is 0 Å². The Balaban J connectivity index is 0.000000143. The van der Waals surface area contributed by atoms with Gasteiger partial charge in [0.25, 0.3) is 40.1 Å². The van der Waals surface area contributed by atoms with Crippen molar-refractivity contribution in [1.29, 1.82) is 5.26 Å². The molecule has 0 fully saturated rings. The number of aryl methyl sites for hydroxylation is 4. The molecule has 0 amide bonds. The number of hydrogen-bond acceptors (Lipinski definition) is 19. The van der Waals surface area contributed by atoms with Crippen molar-refractivity contribution >= 4 is 129 Å². The van der Waals surface area contributed by atoms with Gasteiger partial charge < -0.3 is 10.5 Å². The second kappa shape index (κ2) is 35.5. The van der Waals surface area contributed by atoms with Crippen molar-refractivity contribution in [2.75, 3.05) is 24.6 Å². The van der Waals surface area contributed by atoms with Gasteiger partial charge in [-0.15, -0.1) is 0 Å². The van der Waals surface area contributed by atoms with Crippen LogP contribution in [0.1, 0.15) is 121 Å². The summed E-state index contributed by atoms with van der Waals surface area (Å²) in [7, 11) is -15.5. The van der Waals surface area contributed by atoms with Crippen molar-refractivity contribution in [3.05, 3.63) is 298 Å². The number of benzene rings is 8. The number of halogens is 2. The molecule has 0 unspecified atom stereocenters. The number of nitrogens with two attached hydrogens (primary N) is 1. The zero-order chi connectivity index (χ0) is 90.0. The second-order valence-corrected chi connectivity index (χ2v) is 40.4. The fraction of sp³-hybridized carbons (Fsp3) is 0.207. The zero-order valence-corrected chi connectivity index (χ0v) is 76.0. The average molecular weight is 1820 g/mol. The van der Waals surface area contributed by atoms with Gasteiger partial charge in [0.05, 0.1) is 105 Å². The Morgan fingerprint density at radius 1 is 0.408 bits per heavy atom. The molecule has 0 aliphatic carbocycles. The van der Waals surface area contributed by atoms with Crippen LogP contribution in [0.4, 0.5) is 33.3 Å². The van der Waals surface area contributed by atoms with E-state index in [0.717, 1.165) is 60.2 Å². The lowest BCUT2D eigenvalue weighted by atomic mass is 9.87.